The molecule has 0 fully saturated rings. The zero-order chi connectivity index (χ0) is 24.5. The monoisotopic (exact) mass is 466 g/mol. The van der Waals surface area contributed by atoms with E-state index in [4.69, 9.17) is 0 Å². The summed E-state index contributed by atoms with van der Waals surface area (Å²) in [7, 11) is 0. The predicted molar refractivity (Wildman–Crippen MR) is 137 cm³/mol. The number of anilines is 1. The average molecular weight is 467 g/mol. The lowest BCUT2D eigenvalue weighted by Crippen LogP contribution is -2.31. The Balaban J connectivity index is 1.48. The molecule has 0 aliphatic heterocycles. The van der Waals surface area contributed by atoms with Gasteiger partial charge in [-0.05, 0) is 59.5 Å². The molecule has 0 aliphatic rings. The molecule has 4 nitrogen and oxygen atoms in total. The molecule has 176 valence electrons. The van der Waals surface area contributed by atoms with Gasteiger partial charge in [-0.3, -0.25) is 9.59 Å². The van der Waals surface area contributed by atoms with Crippen molar-refractivity contribution < 1.29 is 14.0 Å². The fourth-order valence-electron chi connectivity index (χ4n) is 3.86. The van der Waals surface area contributed by atoms with Crippen LogP contribution < -0.4 is 10.2 Å². The second-order valence-electron chi connectivity index (χ2n) is 8.32. The van der Waals surface area contributed by atoms with E-state index in [0.717, 1.165) is 17.5 Å². The van der Waals surface area contributed by atoms with Crippen LogP contribution in [0.25, 0.3) is 0 Å². The third-order valence-electron chi connectivity index (χ3n) is 5.69. The first kappa shape index (κ1) is 23.9. The van der Waals surface area contributed by atoms with E-state index in [1.54, 1.807) is 29.2 Å². The number of carbonyl (C=O) groups is 2. The van der Waals surface area contributed by atoms with Gasteiger partial charge in [0.1, 0.15) is 5.82 Å². The van der Waals surface area contributed by atoms with Crippen LogP contribution >= 0.6 is 0 Å². The van der Waals surface area contributed by atoms with Gasteiger partial charge in [0, 0.05) is 17.8 Å². The topological polar surface area (TPSA) is 49.4 Å². The van der Waals surface area contributed by atoms with Crippen LogP contribution in [0.15, 0.2) is 109 Å². The van der Waals surface area contributed by atoms with Crippen molar-refractivity contribution in [2.24, 2.45) is 0 Å². The van der Waals surface area contributed by atoms with Gasteiger partial charge in [-0.25, -0.2) is 4.39 Å². The van der Waals surface area contributed by atoms with Crippen molar-refractivity contribution in [2.75, 3.05) is 11.4 Å². The van der Waals surface area contributed by atoms with Crippen LogP contribution in [-0.2, 0) is 24.2 Å². The van der Waals surface area contributed by atoms with E-state index in [-0.39, 0.29) is 30.6 Å². The quantitative estimate of drug-likeness (QED) is 0.350. The van der Waals surface area contributed by atoms with Crippen LogP contribution in [0.3, 0.4) is 0 Å². The number of nitrogens with one attached hydrogen (secondary N) is 1. The maximum Gasteiger partial charge on any atom is 0.258 e. The Morgan fingerprint density at radius 2 is 1.37 bits per heavy atom. The molecule has 4 aromatic rings. The van der Waals surface area contributed by atoms with Gasteiger partial charge in [0.25, 0.3) is 5.91 Å². The summed E-state index contributed by atoms with van der Waals surface area (Å²) in [5.41, 5.74) is 4.02. The first-order valence-electron chi connectivity index (χ1n) is 11.6. The fourth-order valence-corrected chi connectivity index (χ4v) is 3.86. The molecule has 35 heavy (non-hydrogen) atoms. The third kappa shape index (κ3) is 6.87. The highest BCUT2D eigenvalue weighted by atomic mass is 19.1. The van der Waals surface area contributed by atoms with Crippen LogP contribution in [0, 0.1) is 5.82 Å². The summed E-state index contributed by atoms with van der Waals surface area (Å²) in [5.74, 6) is -0.563. The Hall–Kier alpha value is -4.25. The zero-order valence-corrected chi connectivity index (χ0v) is 19.4. The Labute approximate surface area is 205 Å². The lowest BCUT2D eigenvalue weighted by atomic mass is 10.1. The molecule has 0 aliphatic carbocycles. The van der Waals surface area contributed by atoms with Gasteiger partial charge in [0.05, 0.1) is 13.0 Å². The van der Waals surface area contributed by atoms with Gasteiger partial charge in [-0.1, -0.05) is 72.8 Å². The van der Waals surface area contributed by atoms with Crippen molar-refractivity contribution in [1.29, 1.82) is 0 Å². The van der Waals surface area contributed by atoms with Gasteiger partial charge in [-0.2, -0.15) is 0 Å². The number of benzene rings is 4. The normalized spacial score (nSPS) is 10.5. The summed E-state index contributed by atoms with van der Waals surface area (Å²) in [6.07, 6.45) is 0.982. The highest BCUT2D eigenvalue weighted by molar-refractivity contribution is 6.06. The van der Waals surface area contributed by atoms with Gasteiger partial charge in [-0.15, -0.1) is 0 Å². The highest BCUT2D eigenvalue weighted by Crippen LogP contribution is 2.22. The number of amides is 2. The summed E-state index contributed by atoms with van der Waals surface area (Å²) in [4.78, 5) is 27.6. The van der Waals surface area contributed by atoms with Crippen LogP contribution in [0.1, 0.15) is 27.0 Å². The van der Waals surface area contributed by atoms with Crippen LogP contribution in [0.2, 0.25) is 0 Å². The molecule has 0 unspecified atom stereocenters. The molecule has 5 heteroatoms. The molecule has 0 atom stereocenters. The molecule has 0 bridgehead atoms. The summed E-state index contributed by atoms with van der Waals surface area (Å²) in [6, 6.07) is 32.6. The minimum absolute atomic E-state index is 0.0717. The van der Waals surface area contributed by atoms with Gasteiger partial charge in [0.15, 0.2) is 0 Å². The first-order chi connectivity index (χ1) is 17.1. The van der Waals surface area contributed by atoms with Gasteiger partial charge >= 0.3 is 0 Å². The van der Waals surface area contributed by atoms with E-state index in [2.05, 4.69) is 5.32 Å². The van der Waals surface area contributed by atoms with Gasteiger partial charge in [0.2, 0.25) is 5.91 Å². The van der Waals surface area contributed by atoms with Crippen molar-refractivity contribution in [1.82, 2.24) is 5.32 Å². The van der Waals surface area contributed by atoms with Crippen molar-refractivity contribution >= 4 is 17.5 Å². The van der Waals surface area contributed by atoms with E-state index in [1.807, 2.05) is 72.8 Å². The number of carbonyl (C=O) groups excluding carboxylic acids is 2. The van der Waals surface area contributed by atoms with E-state index in [0.29, 0.717) is 17.8 Å². The Kier molecular flexibility index (Phi) is 8.02. The molecule has 1 N–H and O–H groups in total. The SMILES string of the molecule is O=C(Cc1cccc(N(Cc2ccc(F)cc2)C(=O)c2ccccc2)c1)NCCc1ccccc1. The Bertz CT molecular complexity index is 1260. The van der Waals surface area contributed by atoms with Crippen LogP contribution in [-0.4, -0.2) is 18.4 Å². The van der Waals surface area contributed by atoms with Gasteiger partial charge < -0.3 is 10.2 Å². The molecule has 4 rings (SSSR count). The number of hydrogen-bond donors (Lipinski definition) is 1. The van der Waals surface area contributed by atoms with Crippen LogP contribution in [0.4, 0.5) is 10.1 Å². The molecular formula is C30H27FN2O2. The molecule has 0 spiro atoms. The minimum Gasteiger partial charge on any atom is -0.355 e. The molecule has 4 aromatic carbocycles. The summed E-state index contributed by atoms with van der Waals surface area (Å²) in [5, 5.41) is 2.97. The highest BCUT2D eigenvalue weighted by Gasteiger charge is 2.19. The third-order valence-corrected chi connectivity index (χ3v) is 5.69. The first-order valence-corrected chi connectivity index (χ1v) is 11.6. The maximum absolute atomic E-state index is 13.4. The lowest BCUT2D eigenvalue weighted by Gasteiger charge is -2.24. The van der Waals surface area contributed by atoms with Crippen molar-refractivity contribution in [3.05, 3.63) is 137 Å². The number of hydrogen-bond acceptors (Lipinski definition) is 2. The van der Waals surface area contributed by atoms with E-state index in [9.17, 15) is 14.0 Å². The second-order valence-corrected chi connectivity index (χ2v) is 8.32. The van der Waals surface area contributed by atoms with Crippen molar-refractivity contribution in [3.8, 4) is 0 Å². The summed E-state index contributed by atoms with van der Waals surface area (Å²) in [6.45, 7) is 0.840. The molecule has 0 radical (unpaired) electrons. The molecule has 2 amide bonds. The molecule has 0 aromatic heterocycles. The summed E-state index contributed by atoms with van der Waals surface area (Å²) < 4.78 is 13.4. The molecule has 0 saturated heterocycles. The standard InChI is InChI=1S/C30H27FN2O2/c31-27-16-14-24(15-17-27)22-33(30(35)26-11-5-2-6-12-26)28-13-7-10-25(20-28)21-29(34)32-19-18-23-8-3-1-4-9-23/h1-17,20H,18-19,21-22H2,(H,32,34). The lowest BCUT2D eigenvalue weighted by molar-refractivity contribution is -0.120. The fraction of sp³-hybridized carbons (Fsp3) is 0.133. The van der Waals surface area contributed by atoms with E-state index in [1.165, 1.54) is 17.7 Å². The van der Waals surface area contributed by atoms with Crippen molar-refractivity contribution in [2.45, 2.75) is 19.4 Å². The Morgan fingerprint density at radius 3 is 2.09 bits per heavy atom. The largest absolute Gasteiger partial charge is 0.355 e. The maximum atomic E-state index is 13.4. The molecule has 0 saturated carbocycles. The molecule has 0 heterocycles. The summed E-state index contributed by atoms with van der Waals surface area (Å²) >= 11 is 0. The average Bonchev–Trinajstić information content (AvgIpc) is 2.89. The number of rotatable bonds is 9. The Morgan fingerprint density at radius 1 is 0.714 bits per heavy atom. The smallest absolute Gasteiger partial charge is 0.258 e. The molecular weight excluding hydrogens is 439 g/mol. The van der Waals surface area contributed by atoms with E-state index < -0.39 is 0 Å². The van der Waals surface area contributed by atoms with E-state index >= 15 is 0 Å². The van der Waals surface area contributed by atoms with Crippen LogP contribution in [0.5, 0.6) is 0 Å². The second kappa shape index (κ2) is 11.7. The van der Waals surface area contributed by atoms with Crippen molar-refractivity contribution in [3.63, 3.8) is 0 Å². The predicted octanol–water partition coefficient (Wildman–Crippen LogP) is 5.57. The number of nitrogens with zero attached hydrogens (tertiary/aromatic N) is 1. The zero-order valence-electron chi connectivity index (χ0n) is 19.4. The number of halogens is 1. The minimum atomic E-state index is -0.324.